The van der Waals surface area contributed by atoms with Crippen molar-refractivity contribution < 1.29 is 9.47 Å². The number of aromatic nitrogens is 3. The first-order valence-corrected chi connectivity index (χ1v) is 18.5. The molecule has 0 aliphatic carbocycles. The molecule has 0 amide bonds. The number of piperidine rings is 2. The Morgan fingerprint density at radius 1 is 0.647 bits per heavy atom. The van der Waals surface area contributed by atoms with Crippen molar-refractivity contribution in [2.75, 3.05) is 36.0 Å². The van der Waals surface area contributed by atoms with Crippen LogP contribution in [0.3, 0.4) is 0 Å². The first kappa shape index (κ1) is 33.2. The average molecular weight is 698 g/mol. The number of ether oxygens (including phenoxy) is 2. The van der Waals surface area contributed by atoms with Gasteiger partial charge < -0.3 is 19.3 Å². The lowest BCUT2D eigenvalue weighted by atomic mass is 9.78. The molecule has 4 heterocycles. The first-order chi connectivity index (χ1) is 25.1. The largest absolute Gasteiger partial charge is 0.473 e. The highest BCUT2D eigenvalue weighted by molar-refractivity contribution is 6.30. The van der Waals surface area contributed by atoms with Gasteiger partial charge >= 0.3 is 0 Å². The van der Waals surface area contributed by atoms with Crippen LogP contribution in [-0.4, -0.2) is 40.9 Å². The second kappa shape index (κ2) is 15.1. The van der Waals surface area contributed by atoms with Crippen LogP contribution in [0.1, 0.15) is 36.8 Å². The number of rotatable bonds is 10. The van der Waals surface area contributed by atoms with Gasteiger partial charge in [-0.05, 0) is 85.0 Å². The van der Waals surface area contributed by atoms with Crippen LogP contribution < -0.4 is 19.3 Å². The van der Waals surface area contributed by atoms with Gasteiger partial charge in [0, 0.05) is 55.4 Å². The summed E-state index contributed by atoms with van der Waals surface area (Å²) < 4.78 is 14.6. The van der Waals surface area contributed by atoms with Gasteiger partial charge in [-0.2, -0.15) is 10.1 Å². The fourth-order valence-electron chi connectivity index (χ4n) is 7.91. The standard InChI is InChI=1S/C43H44ClN5O2/c1-47-42-37(13-8-14-39(42)49-27-23-34(24-28-49)33-21-25-48(26-22-33)36-17-15-35(44)16-18-36)41(46-47)38-19-20-40(50-29-31-9-4-2-5-10-31)45-43(38)51-30-32-11-6-3-7-12-32/h2-20,33-34H,21-30H2,1H3. The Labute approximate surface area is 305 Å². The van der Waals surface area contributed by atoms with E-state index in [-0.39, 0.29) is 0 Å². The SMILES string of the molecule is Cn1nc(-c2ccc(OCc3ccccc3)nc2OCc2ccccc2)c2cccc(N3CCC(C4CCN(c5ccc(Cl)cc5)CC4)CC3)c21. The molecular weight excluding hydrogens is 654 g/mol. The van der Waals surface area contributed by atoms with E-state index >= 15 is 0 Å². The summed E-state index contributed by atoms with van der Waals surface area (Å²) in [6.45, 7) is 5.18. The third-order valence-electron chi connectivity index (χ3n) is 10.7. The van der Waals surface area contributed by atoms with Gasteiger partial charge in [-0.3, -0.25) is 4.68 Å². The fraction of sp³-hybridized carbons (Fsp3) is 0.302. The smallest absolute Gasteiger partial charge is 0.226 e. The number of aryl methyl sites for hydroxylation is 1. The zero-order chi connectivity index (χ0) is 34.6. The van der Waals surface area contributed by atoms with E-state index in [1.807, 2.05) is 84.5 Å². The second-order valence-electron chi connectivity index (χ2n) is 13.8. The molecule has 0 radical (unpaired) electrons. The van der Waals surface area contributed by atoms with E-state index in [0.29, 0.717) is 25.0 Å². The molecule has 2 aliphatic rings. The molecule has 7 nitrogen and oxygen atoms in total. The zero-order valence-electron chi connectivity index (χ0n) is 29.1. The van der Waals surface area contributed by atoms with Gasteiger partial charge in [0.05, 0.1) is 16.8 Å². The Kier molecular flexibility index (Phi) is 9.80. The van der Waals surface area contributed by atoms with Crippen molar-refractivity contribution in [2.24, 2.45) is 18.9 Å². The second-order valence-corrected chi connectivity index (χ2v) is 14.3. The van der Waals surface area contributed by atoms with Crippen LogP contribution in [0.25, 0.3) is 22.2 Å². The maximum atomic E-state index is 6.42. The van der Waals surface area contributed by atoms with E-state index in [1.54, 1.807) is 0 Å². The van der Waals surface area contributed by atoms with Crippen molar-refractivity contribution in [3.05, 3.63) is 131 Å². The Hall–Kier alpha value is -5.01. The van der Waals surface area contributed by atoms with E-state index < -0.39 is 0 Å². The molecule has 0 atom stereocenters. The maximum Gasteiger partial charge on any atom is 0.226 e. The number of nitrogens with zero attached hydrogens (tertiary/aromatic N) is 5. The van der Waals surface area contributed by atoms with Crippen LogP contribution in [0.2, 0.25) is 5.02 Å². The molecule has 0 unspecified atom stereocenters. The molecule has 0 bridgehead atoms. The Balaban J connectivity index is 0.997. The quantitative estimate of drug-likeness (QED) is 0.142. The van der Waals surface area contributed by atoms with E-state index in [9.17, 15) is 0 Å². The molecule has 2 fully saturated rings. The summed E-state index contributed by atoms with van der Waals surface area (Å²) in [7, 11) is 2.05. The van der Waals surface area contributed by atoms with Crippen LogP contribution in [0.15, 0.2) is 115 Å². The van der Waals surface area contributed by atoms with Gasteiger partial charge in [0.2, 0.25) is 11.8 Å². The molecule has 0 N–H and O–H groups in total. The molecule has 2 saturated heterocycles. The lowest BCUT2D eigenvalue weighted by molar-refractivity contribution is 0.233. The summed E-state index contributed by atoms with van der Waals surface area (Å²) in [4.78, 5) is 9.96. The van der Waals surface area contributed by atoms with Gasteiger partial charge in [0.15, 0.2) is 0 Å². The molecule has 51 heavy (non-hydrogen) atoms. The minimum Gasteiger partial charge on any atom is -0.473 e. The topological polar surface area (TPSA) is 55.7 Å². The van der Waals surface area contributed by atoms with E-state index in [1.165, 1.54) is 37.1 Å². The molecule has 0 spiro atoms. The zero-order valence-corrected chi connectivity index (χ0v) is 29.9. The molecule has 8 heteroatoms. The number of halogens is 1. The summed E-state index contributed by atoms with van der Waals surface area (Å²) >= 11 is 6.13. The van der Waals surface area contributed by atoms with Gasteiger partial charge in [-0.1, -0.05) is 84.4 Å². The normalized spacial score (nSPS) is 15.7. The van der Waals surface area contributed by atoms with E-state index in [2.05, 4.69) is 52.3 Å². The summed E-state index contributed by atoms with van der Waals surface area (Å²) in [6.07, 6.45) is 4.95. The number of pyridine rings is 1. The summed E-state index contributed by atoms with van der Waals surface area (Å²) in [5, 5.41) is 6.99. The van der Waals surface area contributed by atoms with E-state index in [4.69, 9.17) is 31.2 Å². The predicted octanol–water partition coefficient (Wildman–Crippen LogP) is 9.58. The fourth-order valence-corrected chi connectivity index (χ4v) is 8.04. The highest BCUT2D eigenvalue weighted by Crippen LogP contribution is 2.40. The van der Waals surface area contributed by atoms with Crippen LogP contribution in [0.4, 0.5) is 11.4 Å². The van der Waals surface area contributed by atoms with Crippen LogP contribution in [0.5, 0.6) is 11.8 Å². The summed E-state index contributed by atoms with van der Waals surface area (Å²) in [6, 6.07) is 39.1. The maximum absolute atomic E-state index is 6.42. The average Bonchev–Trinajstić information content (AvgIpc) is 3.53. The molecule has 6 aromatic rings. The summed E-state index contributed by atoms with van der Waals surface area (Å²) in [5.74, 6) is 2.59. The van der Waals surface area contributed by atoms with Crippen molar-refractivity contribution in [3.63, 3.8) is 0 Å². The third kappa shape index (κ3) is 7.40. The molecule has 8 rings (SSSR count). The molecule has 4 aromatic carbocycles. The van der Waals surface area contributed by atoms with Crippen LogP contribution in [-0.2, 0) is 20.3 Å². The summed E-state index contributed by atoms with van der Waals surface area (Å²) in [5.41, 5.74) is 7.54. The van der Waals surface area contributed by atoms with Crippen molar-refractivity contribution >= 4 is 33.9 Å². The lowest BCUT2D eigenvalue weighted by Gasteiger charge is -2.41. The minimum absolute atomic E-state index is 0.397. The van der Waals surface area contributed by atoms with Crippen LogP contribution >= 0.6 is 11.6 Å². The van der Waals surface area contributed by atoms with Crippen molar-refractivity contribution in [3.8, 4) is 23.0 Å². The van der Waals surface area contributed by atoms with Crippen LogP contribution in [0, 0.1) is 11.8 Å². The highest BCUT2D eigenvalue weighted by Gasteiger charge is 2.31. The number of anilines is 2. The van der Waals surface area contributed by atoms with Gasteiger partial charge in [0.1, 0.15) is 18.9 Å². The highest BCUT2D eigenvalue weighted by atomic mass is 35.5. The number of hydrogen-bond acceptors (Lipinski definition) is 6. The van der Waals surface area contributed by atoms with E-state index in [0.717, 1.165) is 76.3 Å². The molecule has 260 valence electrons. The van der Waals surface area contributed by atoms with Crippen molar-refractivity contribution in [1.82, 2.24) is 14.8 Å². The van der Waals surface area contributed by atoms with Crippen molar-refractivity contribution in [1.29, 1.82) is 0 Å². The van der Waals surface area contributed by atoms with Crippen molar-refractivity contribution in [2.45, 2.75) is 38.9 Å². The van der Waals surface area contributed by atoms with Gasteiger partial charge in [-0.25, -0.2) is 0 Å². The molecule has 2 aliphatic heterocycles. The Morgan fingerprint density at radius 2 is 1.25 bits per heavy atom. The first-order valence-electron chi connectivity index (χ1n) is 18.1. The van der Waals surface area contributed by atoms with Gasteiger partial charge in [0.25, 0.3) is 0 Å². The molecule has 0 saturated carbocycles. The van der Waals surface area contributed by atoms with Gasteiger partial charge in [-0.15, -0.1) is 0 Å². The molecular formula is C43H44ClN5O2. The lowest BCUT2D eigenvalue weighted by Crippen LogP contribution is -2.41. The third-order valence-corrected chi connectivity index (χ3v) is 10.9. The number of fused-ring (bicyclic) bond motifs is 1. The number of benzene rings is 4. The Bertz CT molecular complexity index is 2050. The number of para-hydroxylation sites is 1. The Morgan fingerprint density at radius 3 is 1.90 bits per heavy atom. The minimum atomic E-state index is 0.397. The molecule has 2 aromatic heterocycles. The predicted molar refractivity (Wildman–Crippen MR) is 207 cm³/mol. The monoisotopic (exact) mass is 697 g/mol. The number of hydrogen-bond donors (Lipinski definition) is 0.